The van der Waals surface area contributed by atoms with Crippen LogP contribution in [0, 0.1) is 10.1 Å². The lowest BCUT2D eigenvalue weighted by molar-refractivity contribution is -0.432. The van der Waals surface area contributed by atoms with Gasteiger partial charge in [0.05, 0.1) is 15.9 Å². The fraction of sp³-hybridized carbons (Fsp3) is 0.0625. The fourth-order valence-electron chi connectivity index (χ4n) is 2.90. The number of allylic oxidation sites excluding steroid dienone is 1. The van der Waals surface area contributed by atoms with E-state index in [0.29, 0.717) is 16.5 Å². The summed E-state index contributed by atoms with van der Waals surface area (Å²) in [4.78, 5) is 23.4. The molecule has 2 N–H and O–H groups in total. The minimum Gasteiger partial charge on any atom is -0.434 e. The summed E-state index contributed by atoms with van der Waals surface area (Å²) in [6.07, 6.45) is 0. The van der Waals surface area contributed by atoms with E-state index < -0.39 is 16.5 Å². The van der Waals surface area contributed by atoms with Gasteiger partial charge in [-0.25, -0.2) is 4.79 Å². The van der Waals surface area contributed by atoms with Crippen molar-refractivity contribution in [3.05, 3.63) is 84.3 Å². The third kappa shape index (κ3) is 2.00. The summed E-state index contributed by atoms with van der Waals surface area (Å²) in [5.74, 6) is -1.04. The molecule has 0 unspecified atom stereocenters. The molecule has 120 valence electrons. The highest BCUT2D eigenvalue weighted by atomic mass is 32.1. The van der Waals surface area contributed by atoms with Crippen LogP contribution in [0.5, 0.6) is 5.75 Å². The molecule has 7 nitrogen and oxygen atoms in total. The zero-order chi connectivity index (χ0) is 16.8. The quantitative estimate of drug-likeness (QED) is 0.436. The second-order valence-electron chi connectivity index (χ2n) is 5.23. The van der Waals surface area contributed by atoms with Crippen LogP contribution < -0.4 is 16.1 Å². The van der Waals surface area contributed by atoms with E-state index in [1.165, 1.54) is 11.3 Å². The summed E-state index contributed by atoms with van der Waals surface area (Å²) in [7, 11) is 0. The van der Waals surface area contributed by atoms with Gasteiger partial charge >= 0.3 is 11.3 Å². The van der Waals surface area contributed by atoms with E-state index in [2.05, 4.69) is 0 Å². The van der Waals surface area contributed by atoms with Crippen LogP contribution in [0.1, 0.15) is 17.0 Å². The van der Waals surface area contributed by atoms with E-state index in [1.807, 2.05) is 0 Å². The van der Waals surface area contributed by atoms with E-state index in [9.17, 15) is 14.9 Å². The standard InChI is InChI=1S/C16H10N2O5S/c17-15-13(18(20)21)11(8-5-6-24-7-8)12-14(23-15)9-3-1-2-4-10(9)22-16(12)19/h1-7,11H,17H2/t11-/m0/s1. The number of nitrogens with zero attached hydrogens (tertiary/aromatic N) is 1. The molecule has 8 heteroatoms. The largest absolute Gasteiger partial charge is 0.434 e. The second-order valence-corrected chi connectivity index (χ2v) is 6.01. The van der Waals surface area contributed by atoms with Gasteiger partial charge in [-0.15, -0.1) is 0 Å². The molecule has 1 aromatic carbocycles. The van der Waals surface area contributed by atoms with Crippen LogP contribution in [0.15, 0.2) is 61.9 Å². The molecule has 0 radical (unpaired) electrons. The van der Waals surface area contributed by atoms with Gasteiger partial charge in [0, 0.05) is 0 Å². The molecule has 24 heavy (non-hydrogen) atoms. The Morgan fingerprint density at radius 1 is 1.25 bits per heavy atom. The van der Waals surface area contributed by atoms with Crippen molar-refractivity contribution in [3.63, 3.8) is 0 Å². The third-order valence-electron chi connectivity index (χ3n) is 3.90. The summed E-state index contributed by atoms with van der Waals surface area (Å²) in [5, 5.41) is 15.6. The van der Waals surface area contributed by atoms with Crippen LogP contribution in [0.2, 0.25) is 0 Å². The van der Waals surface area contributed by atoms with Crippen molar-refractivity contribution in [1.82, 2.24) is 0 Å². The number of ether oxygens (including phenoxy) is 1. The molecule has 4 rings (SSSR count). The molecule has 0 saturated carbocycles. The second kappa shape index (κ2) is 5.20. The molecule has 0 saturated heterocycles. The SMILES string of the molecule is NC1=C([N+](=O)[O-])[C@@H](c2ccsc2)c2c(c3ccccc3oc2=O)O1. The van der Waals surface area contributed by atoms with Crippen LogP contribution in [-0.2, 0) is 0 Å². The molecule has 0 bridgehead atoms. The normalized spacial score (nSPS) is 16.8. The number of thiophene rings is 1. The van der Waals surface area contributed by atoms with Crippen molar-refractivity contribution in [3.8, 4) is 5.75 Å². The number of hydrogen-bond acceptors (Lipinski definition) is 7. The molecule has 0 spiro atoms. The molecular weight excluding hydrogens is 332 g/mol. The number of benzene rings is 1. The Labute approximate surface area is 138 Å². The minimum atomic E-state index is -0.934. The average Bonchev–Trinajstić information content (AvgIpc) is 3.07. The Morgan fingerprint density at radius 2 is 2.04 bits per heavy atom. The topological polar surface area (TPSA) is 109 Å². The van der Waals surface area contributed by atoms with Gasteiger partial charge in [-0.05, 0) is 34.5 Å². The Balaban J connectivity index is 2.11. The predicted molar refractivity (Wildman–Crippen MR) is 87.5 cm³/mol. The van der Waals surface area contributed by atoms with Gasteiger partial charge in [0.1, 0.15) is 11.5 Å². The maximum atomic E-state index is 12.5. The fourth-order valence-corrected chi connectivity index (χ4v) is 3.58. The number of hydrogen-bond donors (Lipinski definition) is 1. The highest BCUT2D eigenvalue weighted by Crippen LogP contribution is 2.44. The van der Waals surface area contributed by atoms with Crippen molar-refractivity contribution >= 4 is 22.3 Å². The van der Waals surface area contributed by atoms with Crippen molar-refractivity contribution in [2.75, 3.05) is 0 Å². The van der Waals surface area contributed by atoms with E-state index in [1.54, 1.807) is 41.1 Å². The van der Waals surface area contributed by atoms with Gasteiger partial charge in [-0.1, -0.05) is 12.1 Å². The summed E-state index contributed by atoms with van der Waals surface area (Å²) >= 11 is 1.37. The average molecular weight is 342 g/mol. The van der Waals surface area contributed by atoms with Crippen LogP contribution in [0.25, 0.3) is 11.0 Å². The molecule has 0 aliphatic carbocycles. The van der Waals surface area contributed by atoms with Crippen LogP contribution in [-0.4, -0.2) is 4.92 Å². The smallest absolute Gasteiger partial charge is 0.344 e. The first-order valence-electron chi connectivity index (χ1n) is 6.97. The first-order valence-corrected chi connectivity index (χ1v) is 7.92. The molecule has 2 aromatic heterocycles. The minimum absolute atomic E-state index is 0.0907. The van der Waals surface area contributed by atoms with Crippen molar-refractivity contribution < 1.29 is 14.1 Å². The first kappa shape index (κ1) is 14.5. The Kier molecular flexibility index (Phi) is 3.14. The summed E-state index contributed by atoms with van der Waals surface area (Å²) in [6.45, 7) is 0. The summed E-state index contributed by atoms with van der Waals surface area (Å²) in [5.41, 5.74) is 5.81. The zero-order valence-corrected chi connectivity index (χ0v) is 12.9. The number of rotatable bonds is 2. The zero-order valence-electron chi connectivity index (χ0n) is 12.1. The predicted octanol–water partition coefficient (Wildman–Crippen LogP) is 2.78. The van der Waals surface area contributed by atoms with Crippen LogP contribution in [0.4, 0.5) is 0 Å². The first-order chi connectivity index (χ1) is 11.6. The molecule has 1 aliphatic rings. The third-order valence-corrected chi connectivity index (χ3v) is 4.60. The number of nitro groups is 1. The molecule has 3 heterocycles. The molecule has 0 amide bonds. The lowest BCUT2D eigenvalue weighted by atomic mass is 9.88. The number of nitrogens with two attached hydrogens (primary N) is 1. The van der Waals surface area contributed by atoms with Gasteiger partial charge < -0.3 is 14.9 Å². The van der Waals surface area contributed by atoms with Crippen LogP contribution in [0.3, 0.4) is 0 Å². The Morgan fingerprint density at radius 3 is 2.75 bits per heavy atom. The van der Waals surface area contributed by atoms with Crippen molar-refractivity contribution in [1.29, 1.82) is 0 Å². The van der Waals surface area contributed by atoms with E-state index in [0.717, 1.165) is 0 Å². The van der Waals surface area contributed by atoms with Crippen molar-refractivity contribution in [2.24, 2.45) is 5.73 Å². The van der Waals surface area contributed by atoms with Crippen LogP contribution >= 0.6 is 11.3 Å². The number of fused-ring (bicyclic) bond motifs is 3. The molecule has 1 aliphatic heterocycles. The highest BCUT2D eigenvalue weighted by molar-refractivity contribution is 7.08. The summed E-state index contributed by atoms with van der Waals surface area (Å²) < 4.78 is 10.8. The Bertz CT molecular complexity index is 1050. The van der Waals surface area contributed by atoms with Gasteiger partial charge in [-0.3, -0.25) is 10.1 Å². The van der Waals surface area contributed by atoms with Gasteiger partial charge in [0.25, 0.3) is 5.88 Å². The maximum absolute atomic E-state index is 12.5. The highest BCUT2D eigenvalue weighted by Gasteiger charge is 2.42. The number of para-hydroxylation sites is 1. The molecule has 1 atom stereocenters. The van der Waals surface area contributed by atoms with Crippen molar-refractivity contribution in [2.45, 2.75) is 5.92 Å². The monoisotopic (exact) mass is 342 g/mol. The van der Waals surface area contributed by atoms with Gasteiger partial charge in [0.15, 0.2) is 5.75 Å². The molecule has 3 aromatic rings. The molecule has 0 fully saturated rings. The van der Waals surface area contributed by atoms with E-state index >= 15 is 0 Å². The van der Waals surface area contributed by atoms with Gasteiger partial charge in [-0.2, -0.15) is 11.3 Å². The van der Waals surface area contributed by atoms with E-state index in [-0.39, 0.29) is 22.9 Å². The maximum Gasteiger partial charge on any atom is 0.344 e. The summed E-state index contributed by atoms with van der Waals surface area (Å²) in [6, 6.07) is 8.54. The van der Waals surface area contributed by atoms with E-state index in [4.69, 9.17) is 14.9 Å². The lowest BCUT2D eigenvalue weighted by Gasteiger charge is -2.23. The lowest BCUT2D eigenvalue weighted by Crippen LogP contribution is -2.29. The van der Waals surface area contributed by atoms with Gasteiger partial charge in [0.2, 0.25) is 0 Å². The Hall–Kier alpha value is -3.13. The molecular formula is C16H10N2O5S.